The second kappa shape index (κ2) is 17.4. The van der Waals surface area contributed by atoms with Crippen molar-refractivity contribution in [2.75, 3.05) is 7.11 Å². The molecule has 0 atom stereocenters. The van der Waals surface area contributed by atoms with Gasteiger partial charge in [-0.05, 0) is 30.8 Å². The summed E-state index contributed by atoms with van der Waals surface area (Å²) in [6.07, 6.45) is -1.29. The van der Waals surface area contributed by atoms with E-state index in [4.69, 9.17) is 4.74 Å². The summed E-state index contributed by atoms with van der Waals surface area (Å²) >= 11 is 0. The van der Waals surface area contributed by atoms with Crippen molar-refractivity contribution in [1.82, 2.24) is 30.1 Å². The van der Waals surface area contributed by atoms with Crippen LogP contribution in [0.4, 0.5) is 13.2 Å². The molecule has 0 spiro atoms. The van der Waals surface area contributed by atoms with Crippen LogP contribution in [-0.4, -0.2) is 32.1 Å². The van der Waals surface area contributed by atoms with Crippen molar-refractivity contribution in [2.24, 2.45) is 0 Å². The minimum absolute atomic E-state index is 0. The van der Waals surface area contributed by atoms with E-state index in [0.29, 0.717) is 5.92 Å². The van der Waals surface area contributed by atoms with Gasteiger partial charge in [0.1, 0.15) is 5.82 Å². The number of aryl methyl sites for hydroxylation is 1. The van der Waals surface area contributed by atoms with Crippen molar-refractivity contribution in [3.63, 3.8) is 0 Å². The van der Waals surface area contributed by atoms with Crippen molar-refractivity contribution in [3.05, 3.63) is 72.1 Å². The van der Waals surface area contributed by atoms with Gasteiger partial charge in [0.2, 0.25) is 0 Å². The van der Waals surface area contributed by atoms with Crippen LogP contribution in [0.25, 0.3) is 22.8 Å². The molecule has 0 saturated carbocycles. The molecule has 3 heterocycles. The molecule has 4 aromatic rings. The predicted octanol–water partition coefficient (Wildman–Crippen LogP) is 7.44. The topological polar surface area (TPSA) is 87.8 Å². The van der Waals surface area contributed by atoms with E-state index in [1.807, 2.05) is 31.3 Å². The maximum absolute atomic E-state index is 12.1. The van der Waals surface area contributed by atoms with Gasteiger partial charge in [0, 0.05) is 49.6 Å². The van der Waals surface area contributed by atoms with Crippen molar-refractivity contribution >= 4 is 0 Å². The average molecular weight is 711 g/mol. The van der Waals surface area contributed by atoms with Crippen molar-refractivity contribution in [3.8, 4) is 28.5 Å². The molecule has 0 bridgehead atoms. The van der Waals surface area contributed by atoms with Gasteiger partial charge in [0.05, 0.1) is 18.5 Å². The average Bonchev–Trinajstić information content (AvgIpc) is 3.31. The number of methoxy groups -OCH3 is 1. The summed E-state index contributed by atoms with van der Waals surface area (Å²) in [4.78, 5) is 16.1. The zero-order valence-electron chi connectivity index (χ0n) is 18.8. The minimum atomic E-state index is -4.57. The molecule has 0 unspecified atom stereocenters. The van der Waals surface area contributed by atoms with Crippen LogP contribution in [0.3, 0.4) is 0 Å². The third-order valence-electron chi connectivity index (χ3n) is 4.42. The first-order chi connectivity index (χ1) is 15.7. The Hall–Kier alpha value is -3.17. The molecule has 0 aliphatic rings. The van der Waals surface area contributed by atoms with E-state index in [0.717, 1.165) is 28.4 Å². The summed E-state index contributed by atoms with van der Waals surface area (Å²) in [5, 5.41) is 6.25. The van der Waals surface area contributed by atoms with E-state index in [1.165, 1.54) is 12.3 Å². The maximum atomic E-state index is 12.1. The van der Waals surface area contributed by atoms with Gasteiger partial charge in [0.25, 0.3) is 0 Å². The molecule has 1 radical (unpaired) electrons. The first-order valence-electron chi connectivity index (χ1n) is 9.94. The largest absolute Gasteiger partial charge is 0.516 e. The molecule has 0 N–H and O–H groups in total. The SMILES string of the molecule is C.C.C.C.COc1cc[c-]c(-c2ncc(C(C)C)nc2C)c1.FC(F)(F)c1n[n-]c(-c2ccccn2)n1.[Ir]. The fourth-order valence-corrected chi connectivity index (χ4v) is 2.71. The zero-order valence-corrected chi connectivity index (χ0v) is 21.2. The second-order valence-electron chi connectivity index (χ2n) is 7.20. The molecule has 1 aromatic carbocycles. The number of aromatic nitrogens is 6. The summed E-state index contributed by atoms with van der Waals surface area (Å²) in [6.45, 7) is 6.20. The van der Waals surface area contributed by atoms with E-state index in [-0.39, 0.29) is 61.3 Å². The number of rotatable bonds is 4. The molecule has 4 rings (SSSR count). The van der Waals surface area contributed by atoms with Crippen LogP contribution in [0.15, 0.2) is 48.8 Å². The molecule has 3 aromatic heterocycles. The van der Waals surface area contributed by atoms with Gasteiger partial charge < -0.3 is 19.8 Å². The molecule has 0 aliphatic heterocycles. The summed E-state index contributed by atoms with van der Waals surface area (Å²) < 4.78 is 41.6. The molecule has 38 heavy (non-hydrogen) atoms. The van der Waals surface area contributed by atoms with Crippen LogP contribution >= 0.6 is 0 Å². The van der Waals surface area contributed by atoms with Crippen molar-refractivity contribution in [2.45, 2.75) is 62.6 Å². The van der Waals surface area contributed by atoms with Crippen molar-refractivity contribution in [1.29, 1.82) is 0 Å². The molecular formula is C27H37F3IrN6O-2. The molecule has 7 nitrogen and oxygen atoms in total. The van der Waals surface area contributed by atoms with Crippen LogP contribution in [0, 0.1) is 13.0 Å². The Bertz CT molecular complexity index is 1200. The Balaban J connectivity index is -0.000000576. The summed E-state index contributed by atoms with van der Waals surface area (Å²) in [5.74, 6) is -0.177. The number of halogens is 3. The third-order valence-corrected chi connectivity index (χ3v) is 4.42. The van der Waals surface area contributed by atoms with E-state index < -0.39 is 12.0 Å². The smallest absolute Gasteiger partial charge is 0.429 e. The van der Waals surface area contributed by atoms with Gasteiger partial charge in [-0.1, -0.05) is 49.6 Å². The first kappa shape index (κ1) is 39.3. The maximum Gasteiger partial charge on any atom is 0.429 e. The van der Waals surface area contributed by atoms with Crippen LogP contribution < -0.4 is 9.84 Å². The van der Waals surface area contributed by atoms with Gasteiger partial charge >= 0.3 is 6.18 Å². The van der Waals surface area contributed by atoms with E-state index >= 15 is 0 Å². The molecular weight excluding hydrogens is 674 g/mol. The van der Waals surface area contributed by atoms with Crippen LogP contribution in [-0.2, 0) is 26.3 Å². The van der Waals surface area contributed by atoms with Crippen LogP contribution in [0.2, 0.25) is 0 Å². The monoisotopic (exact) mass is 711 g/mol. The fraction of sp³-hybridized carbons (Fsp3) is 0.370. The second-order valence-corrected chi connectivity index (χ2v) is 7.20. The van der Waals surface area contributed by atoms with Gasteiger partial charge in [-0.25, -0.2) is 0 Å². The van der Waals surface area contributed by atoms with Crippen LogP contribution in [0.1, 0.15) is 66.7 Å². The Kier molecular flexibility index (Phi) is 18.0. The number of nitrogens with zero attached hydrogens (tertiary/aromatic N) is 6. The standard InChI is InChI=1S/C15H17N2O.C8H4F3N4.4CH4.Ir/c1-10(2)14-9-16-15(11(3)17-14)12-6-5-7-13(8-12)18-4;9-8(10,11)7-13-6(14-15-7)5-3-1-2-4-12-5;;;;;/h5,7-10H,1-4H3;1-4H;4*1H4;/q2*-1;;;;;. The zero-order chi connectivity index (χ0) is 24.0. The number of pyridine rings is 1. The number of alkyl halides is 3. The van der Waals surface area contributed by atoms with Gasteiger partial charge in [0.15, 0.2) is 0 Å². The minimum Gasteiger partial charge on any atom is -0.516 e. The van der Waals surface area contributed by atoms with E-state index in [9.17, 15) is 13.2 Å². The number of benzene rings is 1. The van der Waals surface area contributed by atoms with E-state index in [2.05, 4.69) is 50.0 Å². The molecule has 0 saturated heterocycles. The predicted molar refractivity (Wildman–Crippen MR) is 142 cm³/mol. The van der Waals surface area contributed by atoms with Gasteiger partial charge in [-0.3, -0.25) is 15.1 Å². The Labute approximate surface area is 238 Å². The summed E-state index contributed by atoms with van der Waals surface area (Å²) in [7, 11) is 1.65. The fourth-order valence-electron chi connectivity index (χ4n) is 2.71. The summed E-state index contributed by atoms with van der Waals surface area (Å²) in [5.41, 5.74) is 3.97. The summed E-state index contributed by atoms with van der Waals surface area (Å²) in [6, 6.07) is 13.6. The quantitative estimate of drug-likeness (QED) is 0.204. The first-order valence-corrected chi connectivity index (χ1v) is 9.94. The Morgan fingerprint density at radius 2 is 1.68 bits per heavy atom. The number of hydrogen-bond donors (Lipinski definition) is 0. The van der Waals surface area contributed by atoms with E-state index in [1.54, 1.807) is 19.2 Å². The van der Waals surface area contributed by atoms with Crippen molar-refractivity contribution < 1.29 is 38.0 Å². The van der Waals surface area contributed by atoms with Gasteiger partial charge in [-0.2, -0.15) is 13.2 Å². The molecule has 11 heteroatoms. The number of ether oxygens (including phenoxy) is 1. The third kappa shape index (κ3) is 10.3. The molecule has 213 valence electrons. The molecule has 0 fully saturated rings. The molecule has 0 aliphatic carbocycles. The van der Waals surface area contributed by atoms with Crippen LogP contribution in [0.5, 0.6) is 5.75 Å². The Morgan fingerprint density at radius 1 is 1.00 bits per heavy atom. The molecule has 0 amide bonds. The Morgan fingerprint density at radius 3 is 2.18 bits per heavy atom. The van der Waals surface area contributed by atoms with Gasteiger partial charge in [-0.15, -0.1) is 29.8 Å². The normalized spacial score (nSPS) is 9.68. The number of hydrogen-bond acceptors (Lipinski definition) is 6.